The first-order valence-electron chi connectivity index (χ1n) is 16.0. The maximum Gasteiger partial charge on any atom is 0.164 e. The first-order chi connectivity index (χ1) is 23.3. The highest BCUT2D eigenvalue weighted by Crippen LogP contribution is 2.41. The van der Waals surface area contributed by atoms with Crippen LogP contribution < -0.4 is 0 Å². The average molecular weight is 604 g/mol. The van der Waals surface area contributed by atoms with Crippen LogP contribution in [-0.4, -0.2) is 15.0 Å². The number of hydrogen-bond donors (Lipinski definition) is 0. The van der Waals surface area contributed by atoms with Gasteiger partial charge in [-0.1, -0.05) is 127 Å². The van der Waals surface area contributed by atoms with Crippen molar-refractivity contribution in [1.82, 2.24) is 15.0 Å². The highest BCUT2D eigenvalue weighted by atomic mass is 16.3. The van der Waals surface area contributed by atoms with Crippen molar-refractivity contribution in [2.75, 3.05) is 0 Å². The second-order valence-electron chi connectivity index (χ2n) is 11.9. The molecule has 0 aliphatic heterocycles. The van der Waals surface area contributed by atoms with E-state index in [0.29, 0.717) is 11.6 Å². The lowest BCUT2D eigenvalue weighted by atomic mass is 9.92. The van der Waals surface area contributed by atoms with Crippen LogP contribution in [-0.2, 0) is 0 Å². The molecule has 0 radical (unpaired) electrons. The number of benzene rings is 6. The number of hydrogen-bond acceptors (Lipinski definition) is 4. The standard InChI is InChI=1S/C43H29N3O/c1-3-13-28(14-4-1)30-17-11-18-31(27-30)42-44-41(29-15-5-2-6-16-29)45-43(46-42)36-26-25-34(32-19-7-8-20-33(32)36)35-22-12-24-39-40(35)37-21-9-10-23-38(37)47-39/h1-5,7-15,17-27H,6,16H2. The van der Waals surface area contributed by atoms with E-state index in [1.165, 1.54) is 0 Å². The Labute approximate surface area is 272 Å². The summed E-state index contributed by atoms with van der Waals surface area (Å²) in [6, 6.07) is 46.4. The van der Waals surface area contributed by atoms with Crippen LogP contribution in [0.5, 0.6) is 0 Å². The molecule has 0 atom stereocenters. The lowest BCUT2D eigenvalue weighted by Gasteiger charge is -2.15. The Morgan fingerprint density at radius 3 is 1.98 bits per heavy atom. The summed E-state index contributed by atoms with van der Waals surface area (Å²) in [6.07, 6.45) is 8.28. The number of nitrogens with zero attached hydrogens (tertiary/aromatic N) is 3. The van der Waals surface area contributed by atoms with E-state index in [4.69, 9.17) is 19.4 Å². The molecule has 1 aliphatic carbocycles. The first-order valence-corrected chi connectivity index (χ1v) is 16.0. The molecule has 1 aliphatic rings. The van der Waals surface area contributed by atoms with E-state index >= 15 is 0 Å². The molecule has 8 aromatic rings. The fourth-order valence-corrected chi connectivity index (χ4v) is 6.75. The summed E-state index contributed by atoms with van der Waals surface area (Å²) < 4.78 is 6.25. The van der Waals surface area contributed by atoms with E-state index in [2.05, 4.69) is 127 Å². The van der Waals surface area contributed by atoms with Crippen molar-refractivity contribution in [1.29, 1.82) is 0 Å². The molecule has 6 aromatic carbocycles. The SMILES string of the molecule is C1=CCCC(c2nc(-c3cccc(-c4ccccc4)c3)nc(-c3ccc(-c4cccc5oc6ccccc6c45)c4ccccc34)n2)=C1. The van der Waals surface area contributed by atoms with E-state index in [9.17, 15) is 0 Å². The Kier molecular flexibility index (Phi) is 6.57. The van der Waals surface area contributed by atoms with E-state index in [1.54, 1.807) is 0 Å². The van der Waals surface area contributed by atoms with Gasteiger partial charge in [-0.2, -0.15) is 0 Å². The number of furan rings is 1. The monoisotopic (exact) mass is 603 g/mol. The zero-order valence-electron chi connectivity index (χ0n) is 25.6. The van der Waals surface area contributed by atoms with Gasteiger partial charge in [-0.15, -0.1) is 0 Å². The molecule has 0 saturated heterocycles. The van der Waals surface area contributed by atoms with Gasteiger partial charge in [0.05, 0.1) is 0 Å². The molecule has 222 valence electrons. The van der Waals surface area contributed by atoms with Crippen LogP contribution in [0, 0.1) is 0 Å². The van der Waals surface area contributed by atoms with Crippen molar-refractivity contribution >= 4 is 38.3 Å². The average Bonchev–Trinajstić information content (AvgIpc) is 3.54. The van der Waals surface area contributed by atoms with Crippen molar-refractivity contribution in [3.8, 4) is 45.0 Å². The summed E-state index contributed by atoms with van der Waals surface area (Å²) in [5.41, 5.74) is 9.41. The van der Waals surface area contributed by atoms with Crippen molar-refractivity contribution in [3.63, 3.8) is 0 Å². The van der Waals surface area contributed by atoms with Crippen LogP contribution in [0.15, 0.2) is 156 Å². The number of fused-ring (bicyclic) bond motifs is 4. The molecular weight excluding hydrogens is 574 g/mol. The Balaban J connectivity index is 1.25. The lowest BCUT2D eigenvalue weighted by molar-refractivity contribution is 0.669. The van der Waals surface area contributed by atoms with Gasteiger partial charge in [0.1, 0.15) is 11.2 Å². The molecule has 47 heavy (non-hydrogen) atoms. The third-order valence-corrected chi connectivity index (χ3v) is 9.02. The van der Waals surface area contributed by atoms with E-state index < -0.39 is 0 Å². The topological polar surface area (TPSA) is 51.8 Å². The van der Waals surface area contributed by atoms with Gasteiger partial charge in [0, 0.05) is 21.9 Å². The molecule has 2 aromatic heterocycles. The molecule has 0 unspecified atom stereocenters. The molecule has 2 heterocycles. The number of para-hydroxylation sites is 1. The fraction of sp³-hybridized carbons (Fsp3) is 0.0465. The quantitative estimate of drug-likeness (QED) is 0.196. The largest absolute Gasteiger partial charge is 0.456 e. The fourth-order valence-electron chi connectivity index (χ4n) is 6.75. The minimum absolute atomic E-state index is 0.667. The zero-order valence-corrected chi connectivity index (χ0v) is 25.6. The number of rotatable bonds is 5. The van der Waals surface area contributed by atoms with Gasteiger partial charge in [-0.25, -0.2) is 15.0 Å². The third kappa shape index (κ3) is 4.82. The second-order valence-corrected chi connectivity index (χ2v) is 11.9. The smallest absolute Gasteiger partial charge is 0.164 e. The summed E-state index contributed by atoms with van der Waals surface area (Å²) in [5, 5.41) is 4.47. The van der Waals surface area contributed by atoms with Crippen LogP contribution >= 0.6 is 0 Å². The van der Waals surface area contributed by atoms with Crippen LogP contribution in [0.25, 0.3) is 83.3 Å². The Hall–Kier alpha value is -6.13. The molecule has 0 saturated carbocycles. The second kappa shape index (κ2) is 11.3. The molecule has 0 bridgehead atoms. The van der Waals surface area contributed by atoms with Crippen LogP contribution in [0.4, 0.5) is 0 Å². The Morgan fingerprint density at radius 1 is 0.468 bits per heavy atom. The van der Waals surface area contributed by atoms with Gasteiger partial charge in [-0.3, -0.25) is 0 Å². The summed E-state index contributed by atoms with van der Waals surface area (Å²) in [7, 11) is 0. The molecule has 0 amide bonds. The zero-order chi connectivity index (χ0) is 31.2. The van der Waals surface area contributed by atoms with Gasteiger partial charge in [0.25, 0.3) is 0 Å². The number of aromatic nitrogens is 3. The highest BCUT2D eigenvalue weighted by Gasteiger charge is 2.19. The van der Waals surface area contributed by atoms with Gasteiger partial charge in [0.2, 0.25) is 0 Å². The van der Waals surface area contributed by atoms with Gasteiger partial charge >= 0.3 is 0 Å². The van der Waals surface area contributed by atoms with Gasteiger partial charge in [0.15, 0.2) is 17.5 Å². The maximum absolute atomic E-state index is 6.25. The van der Waals surface area contributed by atoms with Gasteiger partial charge in [-0.05, 0) is 75.7 Å². The molecule has 4 heteroatoms. The Bertz CT molecular complexity index is 2520. The van der Waals surface area contributed by atoms with Crippen molar-refractivity contribution in [2.45, 2.75) is 12.8 Å². The highest BCUT2D eigenvalue weighted by molar-refractivity contribution is 6.16. The van der Waals surface area contributed by atoms with E-state index in [0.717, 1.165) is 90.3 Å². The van der Waals surface area contributed by atoms with E-state index in [-0.39, 0.29) is 0 Å². The summed E-state index contributed by atoms with van der Waals surface area (Å²) in [6.45, 7) is 0. The van der Waals surface area contributed by atoms with Crippen molar-refractivity contribution in [3.05, 3.63) is 158 Å². The summed E-state index contributed by atoms with van der Waals surface area (Å²) in [4.78, 5) is 15.3. The predicted octanol–water partition coefficient (Wildman–Crippen LogP) is 11.3. The molecule has 9 rings (SSSR count). The van der Waals surface area contributed by atoms with Crippen molar-refractivity contribution in [2.24, 2.45) is 0 Å². The summed E-state index contributed by atoms with van der Waals surface area (Å²) >= 11 is 0. The van der Waals surface area contributed by atoms with Crippen LogP contribution in [0.2, 0.25) is 0 Å². The molecular formula is C43H29N3O. The van der Waals surface area contributed by atoms with Crippen molar-refractivity contribution < 1.29 is 4.42 Å². The molecule has 4 nitrogen and oxygen atoms in total. The maximum atomic E-state index is 6.25. The predicted molar refractivity (Wildman–Crippen MR) is 193 cm³/mol. The molecule has 0 spiro atoms. The first kappa shape index (κ1) is 27.2. The third-order valence-electron chi connectivity index (χ3n) is 9.02. The minimum Gasteiger partial charge on any atom is -0.456 e. The van der Waals surface area contributed by atoms with Crippen LogP contribution in [0.1, 0.15) is 18.7 Å². The number of allylic oxidation sites excluding steroid dienone is 4. The van der Waals surface area contributed by atoms with E-state index in [1.807, 2.05) is 24.3 Å². The van der Waals surface area contributed by atoms with Gasteiger partial charge < -0.3 is 4.42 Å². The minimum atomic E-state index is 0.667. The molecule has 0 fully saturated rings. The summed E-state index contributed by atoms with van der Waals surface area (Å²) in [5.74, 6) is 2.06. The molecule has 0 N–H and O–H groups in total. The normalized spacial score (nSPS) is 13.0. The lowest BCUT2D eigenvalue weighted by Crippen LogP contribution is -2.04. The van der Waals surface area contributed by atoms with Crippen LogP contribution in [0.3, 0.4) is 0 Å². The Morgan fingerprint density at radius 2 is 1.13 bits per heavy atom.